The summed E-state index contributed by atoms with van der Waals surface area (Å²) in [6.45, 7) is 5.30. The van der Waals surface area contributed by atoms with E-state index in [9.17, 15) is 4.79 Å². The average Bonchev–Trinajstić information content (AvgIpc) is 2.38. The molecule has 1 aromatic rings. The van der Waals surface area contributed by atoms with Crippen LogP contribution in [0.5, 0.6) is 0 Å². The van der Waals surface area contributed by atoms with Gasteiger partial charge in [-0.3, -0.25) is 0 Å². The Morgan fingerprint density at radius 3 is 2.74 bits per heavy atom. The Hall–Kier alpha value is -1.71. The standard InChI is InChI=1S/C15H24N2O2/c1-11(2)6-4-5-9-17-14-8-7-12(16)10-13(14)15(18)19-3/h7-8,10-11,17H,4-6,9,16H2,1-3H3. The minimum Gasteiger partial charge on any atom is -0.465 e. The Morgan fingerprint density at radius 2 is 2.11 bits per heavy atom. The molecule has 0 aliphatic carbocycles. The van der Waals surface area contributed by atoms with Gasteiger partial charge in [-0.2, -0.15) is 0 Å². The van der Waals surface area contributed by atoms with Crippen molar-refractivity contribution in [3.05, 3.63) is 23.8 Å². The van der Waals surface area contributed by atoms with Gasteiger partial charge in [-0.05, 0) is 30.5 Å². The van der Waals surface area contributed by atoms with E-state index in [0.29, 0.717) is 11.3 Å². The third-order valence-electron chi connectivity index (χ3n) is 2.97. The van der Waals surface area contributed by atoms with Crippen molar-refractivity contribution in [2.24, 2.45) is 5.92 Å². The number of nitrogens with one attached hydrogen (secondary N) is 1. The maximum atomic E-state index is 11.6. The fourth-order valence-electron chi connectivity index (χ4n) is 1.90. The van der Waals surface area contributed by atoms with Crippen LogP contribution >= 0.6 is 0 Å². The number of rotatable bonds is 7. The van der Waals surface area contributed by atoms with Crippen molar-refractivity contribution in [2.75, 3.05) is 24.7 Å². The van der Waals surface area contributed by atoms with Crippen LogP contribution < -0.4 is 11.1 Å². The quantitative estimate of drug-likeness (QED) is 0.450. The second-order valence-electron chi connectivity index (χ2n) is 5.11. The first-order valence-electron chi connectivity index (χ1n) is 6.76. The number of hydrogen-bond acceptors (Lipinski definition) is 4. The van der Waals surface area contributed by atoms with Crippen LogP contribution in [0.2, 0.25) is 0 Å². The Balaban J connectivity index is 2.55. The maximum Gasteiger partial charge on any atom is 0.340 e. The van der Waals surface area contributed by atoms with Crippen molar-refractivity contribution >= 4 is 17.3 Å². The molecule has 19 heavy (non-hydrogen) atoms. The smallest absolute Gasteiger partial charge is 0.340 e. The van der Waals surface area contributed by atoms with Crippen molar-refractivity contribution in [3.63, 3.8) is 0 Å². The molecular weight excluding hydrogens is 240 g/mol. The van der Waals surface area contributed by atoms with Gasteiger partial charge in [0.05, 0.1) is 12.7 Å². The van der Waals surface area contributed by atoms with Gasteiger partial charge < -0.3 is 15.8 Å². The fourth-order valence-corrected chi connectivity index (χ4v) is 1.90. The van der Waals surface area contributed by atoms with E-state index in [4.69, 9.17) is 10.5 Å². The van der Waals surface area contributed by atoms with Crippen LogP contribution in [0.1, 0.15) is 43.5 Å². The monoisotopic (exact) mass is 264 g/mol. The zero-order valence-electron chi connectivity index (χ0n) is 12.0. The molecular formula is C15H24N2O2. The molecule has 0 aromatic heterocycles. The van der Waals surface area contributed by atoms with Crippen LogP contribution in [0, 0.1) is 5.92 Å². The number of benzene rings is 1. The van der Waals surface area contributed by atoms with E-state index in [1.807, 2.05) is 6.07 Å². The first kappa shape index (κ1) is 15.3. The highest BCUT2D eigenvalue weighted by Gasteiger charge is 2.11. The number of hydrogen-bond donors (Lipinski definition) is 2. The van der Waals surface area contributed by atoms with Gasteiger partial charge in [0.2, 0.25) is 0 Å². The van der Waals surface area contributed by atoms with E-state index < -0.39 is 0 Å². The summed E-state index contributed by atoms with van der Waals surface area (Å²) in [6.07, 6.45) is 3.50. The van der Waals surface area contributed by atoms with Gasteiger partial charge in [-0.15, -0.1) is 0 Å². The van der Waals surface area contributed by atoms with Crippen LogP contribution in [0.3, 0.4) is 0 Å². The predicted octanol–water partition coefficient (Wildman–Crippen LogP) is 3.29. The molecule has 106 valence electrons. The van der Waals surface area contributed by atoms with Crippen molar-refractivity contribution in [1.29, 1.82) is 0 Å². The van der Waals surface area contributed by atoms with Gasteiger partial charge in [0.25, 0.3) is 0 Å². The molecule has 0 bridgehead atoms. The van der Waals surface area contributed by atoms with Crippen molar-refractivity contribution in [3.8, 4) is 0 Å². The summed E-state index contributed by atoms with van der Waals surface area (Å²) in [4.78, 5) is 11.6. The van der Waals surface area contributed by atoms with Gasteiger partial charge in [-0.1, -0.05) is 26.7 Å². The highest BCUT2D eigenvalue weighted by molar-refractivity contribution is 5.96. The summed E-state index contributed by atoms with van der Waals surface area (Å²) >= 11 is 0. The van der Waals surface area contributed by atoms with Crippen molar-refractivity contribution < 1.29 is 9.53 Å². The number of ether oxygens (including phenoxy) is 1. The molecule has 4 heteroatoms. The molecule has 0 aliphatic heterocycles. The Morgan fingerprint density at radius 1 is 1.37 bits per heavy atom. The lowest BCUT2D eigenvalue weighted by molar-refractivity contribution is 0.0602. The summed E-state index contributed by atoms with van der Waals surface area (Å²) in [5, 5.41) is 3.27. The Labute approximate surface area is 115 Å². The second kappa shape index (κ2) is 7.67. The lowest BCUT2D eigenvalue weighted by Gasteiger charge is -2.12. The van der Waals surface area contributed by atoms with Crippen LogP contribution in [0.15, 0.2) is 18.2 Å². The molecule has 1 aromatic carbocycles. The molecule has 0 radical (unpaired) electrons. The number of methoxy groups -OCH3 is 1. The van der Waals surface area contributed by atoms with Crippen molar-refractivity contribution in [1.82, 2.24) is 0 Å². The molecule has 1 rings (SSSR count). The largest absolute Gasteiger partial charge is 0.465 e. The first-order valence-corrected chi connectivity index (χ1v) is 6.76. The fraction of sp³-hybridized carbons (Fsp3) is 0.533. The van der Waals surface area contributed by atoms with E-state index in [2.05, 4.69) is 19.2 Å². The average molecular weight is 264 g/mol. The molecule has 0 aliphatic rings. The molecule has 0 amide bonds. The molecule has 3 N–H and O–H groups in total. The normalized spacial score (nSPS) is 10.5. The number of unbranched alkanes of at least 4 members (excludes halogenated alkanes) is 1. The summed E-state index contributed by atoms with van der Waals surface area (Å²) in [5.74, 6) is 0.374. The van der Waals surface area contributed by atoms with Crippen molar-refractivity contribution in [2.45, 2.75) is 33.1 Å². The maximum absolute atomic E-state index is 11.6. The van der Waals surface area contributed by atoms with Gasteiger partial charge in [0.15, 0.2) is 0 Å². The first-order chi connectivity index (χ1) is 9.04. The van der Waals surface area contributed by atoms with Crippen LogP contribution in [-0.2, 0) is 4.74 Å². The summed E-state index contributed by atoms with van der Waals surface area (Å²) in [6, 6.07) is 5.25. The Kier molecular flexibility index (Phi) is 6.19. The topological polar surface area (TPSA) is 64.3 Å². The van der Waals surface area contributed by atoms with Gasteiger partial charge in [0.1, 0.15) is 0 Å². The summed E-state index contributed by atoms with van der Waals surface area (Å²) in [5.41, 5.74) is 7.53. The minimum atomic E-state index is -0.364. The second-order valence-corrected chi connectivity index (χ2v) is 5.11. The lowest BCUT2D eigenvalue weighted by Crippen LogP contribution is -2.10. The van der Waals surface area contributed by atoms with Gasteiger partial charge in [-0.25, -0.2) is 4.79 Å². The summed E-state index contributed by atoms with van der Waals surface area (Å²) in [7, 11) is 1.37. The number of esters is 1. The van der Waals surface area contributed by atoms with Crippen LogP contribution in [0.25, 0.3) is 0 Å². The van der Waals surface area contributed by atoms with E-state index in [-0.39, 0.29) is 5.97 Å². The molecule has 0 unspecified atom stereocenters. The molecule has 0 saturated carbocycles. The zero-order valence-corrected chi connectivity index (χ0v) is 12.0. The number of anilines is 2. The third kappa shape index (κ3) is 5.20. The number of nitrogen functional groups attached to an aromatic ring is 1. The van der Waals surface area contributed by atoms with Crippen LogP contribution in [-0.4, -0.2) is 19.6 Å². The van der Waals surface area contributed by atoms with Gasteiger partial charge >= 0.3 is 5.97 Å². The molecule has 0 heterocycles. The zero-order chi connectivity index (χ0) is 14.3. The van der Waals surface area contributed by atoms with E-state index >= 15 is 0 Å². The number of nitrogens with two attached hydrogens (primary N) is 1. The molecule has 4 nitrogen and oxygen atoms in total. The lowest BCUT2D eigenvalue weighted by atomic mass is 10.1. The van der Waals surface area contributed by atoms with E-state index in [1.165, 1.54) is 20.0 Å². The third-order valence-corrected chi connectivity index (χ3v) is 2.97. The highest BCUT2D eigenvalue weighted by Crippen LogP contribution is 2.20. The Bertz CT molecular complexity index is 417. The molecule has 0 atom stereocenters. The van der Waals surface area contributed by atoms with Crippen LogP contribution in [0.4, 0.5) is 11.4 Å². The molecule has 0 spiro atoms. The van der Waals surface area contributed by atoms with E-state index in [0.717, 1.165) is 24.6 Å². The molecule has 0 fully saturated rings. The SMILES string of the molecule is COC(=O)c1cc(N)ccc1NCCCCC(C)C. The van der Waals surface area contributed by atoms with Gasteiger partial charge in [0, 0.05) is 17.9 Å². The highest BCUT2D eigenvalue weighted by atomic mass is 16.5. The van der Waals surface area contributed by atoms with E-state index in [1.54, 1.807) is 12.1 Å². The minimum absolute atomic E-state index is 0.364. The predicted molar refractivity (Wildman–Crippen MR) is 79.4 cm³/mol. The number of carbonyl (C=O) groups excluding carboxylic acids is 1. The molecule has 0 saturated heterocycles. The summed E-state index contributed by atoms with van der Waals surface area (Å²) < 4.78 is 4.76. The number of carbonyl (C=O) groups is 1.